The summed E-state index contributed by atoms with van der Waals surface area (Å²) in [6, 6.07) is 9.54. The molecule has 0 bridgehead atoms. The molecule has 0 aliphatic heterocycles. The van der Waals surface area contributed by atoms with Crippen molar-refractivity contribution in [1.29, 1.82) is 0 Å². The molecule has 3 aromatic rings. The van der Waals surface area contributed by atoms with Crippen LogP contribution in [-0.4, -0.2) is 30.9 Å². The van der Waals surface area contributed by atoms with E-state index in [1.165, 1.54) is 23.1 Å². The van der Waals surface area contributed by atoms with Crippen molar-refractivity contribution in [2.45, 2.75) is 30.9 Å². The molecule has 0 aliphatic carbocycles. The minimum atomic E-state index is -0.329. The molecule has 1 N–H and O–H groups in total. The molecule has 136 valence electrons. The lowest BCUT2D eigenvalue weighted by atomic mass is 10.3. The van der Waals surface area contributed by atoms with Crippen LogP contribution in [0.1, 0.15) is 18.4 Å². The van der Waals surface area contributed by atoms with E-state index in [1.54, 1.807) is 0 Å². The molecule has 7 nitrogen and oxygen atoms in total. The Morgan fingerprint density at radius 2 is 2.12 bits per heavy atom. The maximum absolute atomic E-state index is 12.3. The van der Waals surface area contributed by atoms with Gasteiger partial charge in [0.1, 0.15) is 12.4 Å². The van der Waals surface area contributed by atoms with Gasteiger partial charge >= 0.3 is 0 Å². The first-order valence-electron chi connectivity index (χ1n) is 7.98. The van der Waals surface area contributed by atoms with E-state index in [0.29, 0.717) is 22.7 Å². The van der Waals surface area contributed by atoms with Gasteiger partial charge in [-0.15, -0.1) is 21.5 Å². The number of anilines is 1. The average molecular weight is 390 g/mol. The number of nitrogens with one attached hydrogen (secondary N) is 1. The van der Waals surface area contributed by atoms with Crippen molar-refractivity contribution in [3.05, 3.63) is 47.2 Å². The predicted octanol–water partition coefficient (Wildman–Crippen LogP) is 3.28. The van der Waals surface area contributed by atoms with E-state index in [9.17, 15) is 4.79 Å². The number of amides is 1. The second-order valence-electron chi connectivity index (χ2n) is 5.60. The maximum atomic E-state index is 12.3. The van der Waals surface area contributed by atoms with Gasteiger partial charge in [-0.2, -0.15) is 0 Å². The van der Waals surface area contributed by atoms with Crippen LogP contribution >= 0.6 is 23.1 Å². The van der Waals surface area contributed by atoms with Crippen LogP contribution in [0.25, 0.3) is 0 Å². The van der Waals surface area contributed by atoms with Crippen LogP contribution < -0.4 is 10.1 Å². The van der Waals surface area contributed by atoms with E-state index in [2.05, 4.69) is 20.5 Å². The molecule has 26 heavy (non-hydrogen) atoms. The van der Waals surface area contributed by atoms with Crippen molar-refractivity contribution < 1.29 is 9.53 Å². The zero-order chi connectivity index (χ0) is 18.5. The molecule has 3 rings (SSSR count). The Hall–Kier alpha value is -2.39. The lowest BCUT2D eigenvalue weighted by molar-refractivity contribution is -0.115. The number of hydrogen-bond donors (Lipinski definition) is 1. The molecule has 0 unspecified atom stereocenters. The second kappa shape index (κ2) is 8.33. The van der Waals surface area contributed by atoms with Crippen molar-refractivity contribution in [2.24, 2.45) is 7.05 Å². The number of carbonyl (C=O) groups is 1. The number of thiazole rings is 1. The van der Waals surface area contributed by atoms with Gasteiger partial charge in [-0.05, 0) is 26.0 Å². The molecule has 1 amide bonds. The highest BCUT2D eigenvalue weighted by Gasteiger charge is 2.20. The number of carbonyl (C=O) groups excluding carboxylic acids is 1. The minimum Gasteiger partial charge on any atom is -0.486 e. The molecule has 2 heterocycles. The van der Waals surface area contributed by atoms with Crippen molar-refractivity contribution in [1.82, 2.24) is 19.7 Å². The molecule has 1 atom stereocenters. The Kier molecular flexibility index (Phi) is 5.89. The SMILES string of the molecule is Cc1csc(NC(=O)[C@@H](C)Sc2nnc(COc3ccccc3)n2C)n1. The summed E-state index contributed by atoms with van der Waals surface area (Å²) < 4.78 is 7.54. The number of aromatic nitrogens is 4. The highest BCUT2D eigenvalue weighted by atomic mass is 32.2. The average Bonchev–Trinajstić information content (AvgIpc) is 3.20. The van der Waals surface area contributed by atoms with E-state index in [1.807, 2.05) is 61.2 Å². The third-order valence-corrected chi connectivity index (χ3v) is 5.55. The number of nitrogens with zero attached hydrogens (tertiary/aromatic N) is 4. The smallest absolute Gasteiger partial charge is 0.239 e. The molecule has 0 spiro atoms. The number of para-hydroxylation sites is 1. The van der Waals surface area contributed by atoms with Crippen LogP contribution in [0.2, 0.25) is 0 Å². The summed E-state index contributed by atoms with van der Waals surface area (Å²) >= 11 is 2.76. The van der Waals surface area contributed by atoms with Gasteiger partial charge in [0.2, 0.25) is 5.91 Å². The number of ether oxygens (including phenoxy) is 1. The lowest BCUT2D eigenvalue weighted by Crippen LogP contribution is -2.22. The molecule has 0 saturated heterocycles. The molecular weight excluding hydrogens is 370 g/mol. The van der Waals surface area contributed by atoms with Gasteiger partial charge in [-0.3, -0.25) is 4.79 Å². The molecule has 1 aromatic carbocycles. The van der Waals surface area contributed by atoms with Crippen LogP contribution in [0, 0.1) is 6.92 Å². The van der Waals surface area contributed by atoms with Gasteiger partial charge in [0.05, 0.1) is 10.9 Å². The standard InChI is InChI=1S/C17H19N5O2S2/c1-11-10-25-16(18-11)19-15(23)12(2)26-17-21-20-14(22(17)3)9-24-13-7-5-4-6-8-13/h4-8,10,12H,9H2,1-3H3,(H,18,19,23)/t12-/m1/s1. The number of hydrogen-bond acceptors (Lipinski definition) is 7. The molecule has 0 aliphatic rings. The van der Waals surface area contributed by atoms with Gasteiger partial charge in [0.25, 0.3) is 0 Å². The van der Waals surface area contributed by atoms with Gasteiger partial charge < -0.3 is 14.6 Å². The number of thioether (sulfide) groups is 1. The molecule has 2 aromatic heterocycles. The first-order valence-corrected chi connectivity index (χ1v) is 9.74. The molecular formula is C17H19N5O2S2. The minimum absolute atomic E-state index is 0.116. The zero-order valence-electron chi connectivity index (χ0n) is 14.7. The van der Waals surface area contributed by atoms with Crippen molar-refractivity contribution >= 4 is 34.1 Å². The quantitative estimate of drug-likeness (QED) is 0.625. The summed E-state index contributed by atoms with van der Waals surface area (Å²) in [6.07, 6.45) is 0. The van der Waals surface area contributed by atoms with Gasteiger partial charge in [0.15, 0.2) is 16.1 Å². The Labute approximate surface area is 159 Å². The first kappa shape index (κ1) is 18.4. The van der Waals surface area contributed by atoms with Crippen LogP contribution in [0.4, 0.5) is 5.13 Å². The van der Waals surface area contributed by atoms with E-state index in [-0.39, 0.29) is 11.2 Å². The molecule has 0 fully saturated rings. The Morgan fingerprint density at radius 1 is 1.35 bits per heavy atom. The monoisotopic (exact) mass is 389 g/mol. The predicted molar refractivity (Wildman–Crippen MR) is 103 cm³/mol. The summed E-state index contributed by atoms with van der Waals surface area (Å²) in [4.78, 5) is 16.5. The normalized spacial score (nSPS) is 12.0. The van der Waals surface area contributed by atoms with Gasteiger partial charge in [-0.1, -0.05) is 30.0 Å². The van der Waals surface area contributed by atoms with Gasteiger partial charge in [0, 0.05) is 12.4 Å². The third kappa shape index (κ3) is 4.61. The zero-order valence-corrected chi connectivity index (χ0v) is 16.3. The summed E-state index contributed by atoms with van der Waals surface area (Å²) in [5.74, 6) is 1.35. The second-order valence-corrected chi connectivity index (χ2v) is 7.77. The van der Waals surface area contributed by atoms with E-state index < -0.39 is 0 Å². The molecule has 0 radical (unpaired) electrons. The fraction of sp³-hybridized carbons (Fsp3) is 0.294. The summed E-state index contributed by atoms with van der Waals surface area (Å²) in [5.41, 5.74) is 0.891. The largest absolute Gasteiger partial charge is 0.486 e. The Balaban J connectivity index is 1.57. The summed E-state index contributed by atoms with van der Waals surface area (Å²) in [7, 11) is 1.86. The van der Waals surface area contributed by atoms with Crippen LogP contribution in [0.3, 0.4) is 0 Å². The Bertz CT molecular complexity index is 878. The first-order chi connectivity index (χ1) is 12.5. The number of aryl methyl sites for hydroxylation is 1. The summed E-state index contributed by atoms with van der Waals surface area (Å²) in [5, 5.41) is 14.0. The highest BCUT2D eigenvalue weighted by Crippen LogP contribution is 2.24. The molecule has 9 heteroatoms. The third-order valence-electron chi connectivity index (χ3n) is 3.54. The fourth-order valence-electron chi connectivity index (χ4n) is 2.07. The molecule has 0 saturated carbocycles. The topological polar surface area (TPSA) is 81.9 Å². The van der Waals surface area contributed by atoms with E-state index in [0.717, 1.165) is 11.4 Å². The van der Waals surface area contributed by atoms with E-state index in [4.69, 9.17) is 4.74 Å². The van der Waals surface area contributed by atoms with Crippen molar-refractivity contribution in [2.75, 3.05) is 5.32 Å². The summed E-state index contributed by atoms with van der Waals surface area (Å²) in [6.45, 7) is 4.03. The number of rotatable bonds is 7. The van der Waals surface area contributed by atoms with Crippen LogP contribution in [0.5, 0.6) is 5.75 Å². The Morgan fingerprint density at radius 3 is 2.81 bits per heavy atom. The number of benzene rings is 1. The van der Waals surface area contributed by atoms with Crippen molar-refractivity contribution in [3.63, 3.8) is 0 Å². The lowest BCUT2D eigenvalue weighted by Gasteiger charge is -2.10. The maximum Gasteiger partial charge on any atom is 0.239 e. The van der Waals surface area contributed by atoms with Crippen LogP contribution in [-0.2, 0) is 18.4 Å². The fourth-order valence-corrected chi connectivity index (χ4v) is 3.59. The van der Waals surface area contributed by atoms with Crippen LogP contribution in [0.15, 0.2) is 40.9 Å². The van der Waals surface area contributed by atoms with Crippen molar-refractivity contribution in [3.8, 4) is 5.75 Å². The van der Waals surface area contributed by atoms with E-state index >= 15 is 0 Å². The van der Waals surface area contributed by atoms with Gasteiger partial charge in [-0.25, -0.2) is 4.98 Å². The highest BCUT2D eigenvalue weighted by molar-refractivity contribution is 8.00.